The zero-order valence-corrected chi connectivity index (χ0v) is 7.35. The molecule has 0 aliphatic heterocycles. The van der Waals surface area contributed by atoms with Crippen molar-refractivity contribution in [3.05, 3.63) is 0 Å². The number of aliphatic hydroxyl groups is 1. The topological polar surface area (TPSA) is 20.2 Å². The van der Waals surface area contributed by atoms with Crippen molar-refractivity contribution >= 4 is 12.6 Å². The van der Waals surface area contributed by atoms with Gasteiger partial charge in [0, 0.05) is 11.9 Å². The summed E-state index contributed by atoms with van der Waals surface area (Å²) >= 11 is 4.39. The van der Waals surface area contributed by atoms with Crippen LogP contribution in [0.3, 0.4) is 0 Å². The van der Waals surface area contributed by atoms with Crippen LogP contribution in [0.1, 0.15) is 26.2 Å². The number of hydrogen-bond acceptors (Lipinski definition) is 2. The predicted molar refractivity (Wildman–Crippen MR) is 46.4 cm³/mol. The van der Waals surface area contributed by atoms with Gasteiger partial charge in [-0.15, -0.1) is 0 Å². The largest absolute Gasteiger partial charge is 0.396 e. The van der Waals surface area contributed by atoms with E-state index in [0.29, 0.717) is 17.8 Å². The van der Waals surface area contributed by atoms with Crippen molar-refractivity contribution in [3.63, 3.8) is 0 Å². The third-order valence-electron chi connectivity index (χ3n) is 2.52. The zero-order chi connectivity index (χ0) is 7.56. The lowest BCUT2D eigenvalue weighted by Crippen LogP contribution is -2.08. The van der Waals surface area contributed by atoms with Crippen LogP contribution in [0.4, 0.5) is 0 Å². The van der Waals surface area contributed by atoms with E-state index in [2.05, 4.69) is 19.6 Å². The molecule has 1 aliphatic rings. The SMILES string of the molecule is CC(S)C1CCC(CO)C1. The van der Waals surface area contributed by atoms with Gasteiger partial charge in [0.1, 0.15) is 0 Å². The molecule has 2 heteroatoms. The Kier molecular flexibility index (Phi) is 3.05. The highest BCUT2D eigenvalue weighted by Gasteiger charge is 2.26. The van der Waals surface area contributed by atoms with Crippen molar-refractivity contribution in [1.29, 1.82) is 0 Å². The fraction of sp³-hybridized carbons (Fsp3) is 1.00. The molecular formula is C8H16OS. The molecule has 0 saturated heterocycles. The van der Waals surface area contributed by atoms with E-state index in [1.54, 1.807) is 0 Å². The average molecular weight is 160 g/mol. The van der Waals surface area contributed by atoms with Crippen molar-refractivity contribution in [2.45, 2.75) is 31.4 Å². The molecule has 10 heavy (non-hydrogen) atoms. The summed E-state index contributed by atoms with van der Waals surface area (Å²) in [6.07, 6.45) is 3.64. The van der Waals surface area contributed by atoms with Gasteiger partial charge in [0.25, 0.3) is 0 Å². The average Bonchev–Trinajstić information content (AvgIpc) is 2.34. The van der Waals surface area contributed by atoms with Crippen molar-refractivity contribution in [2.24, 2.45) is 11.8 Å². The van der Waals surface area contributed by atoms with Gasteiger partial charge in [-0.2, -0.15) is 12.6 Å². The van der Waals surface area contributed by atoms with Crippen LogP contribution in [-0.2, 0) is 0 Å². The monoisotopic (exact) mass is 160 g/mol. The summed E-state index contributed by atoms with van der Waals surface area (Å²) in [7, 11) is 0. The van der Waals surface area contributed by atoms with Gasteiger partial charge >= 0.3 is 0 Å². The maximum absolute atomic E-state index is 8.84. The minimum absolute atomic E-state index is 0.372. The standard InChI is InChI=1S/C8H16OS/c1-6(10)8-3-2-7(4-8)5-9/h6-10H,2-5H2,1H3. The molecule has 1 rings (SSSR count). The van der Waals surface area contributed by atoms with E-state index in [-0.39, 0.29) is 0 Å². The van der Waals surface area contributed by atoms with Gasteiger partial charge in [0.2, 0.25) is 0 Å². The molecule has 1 saturated carbocycles. The third kappa shape index (κ3) is 1.89. The van der Waals surface area contributed by atoms with Gasteiger partial charge in [-0.3, -0.25) is 0 Å². The molecule has 0 aromatic carbocycles. The molecule has 0 radical (unpaired) electrons. The quantitative estimate of drug-likeness (QED) is 0.589. The molecule has 1 nitrogen and oxygen atoms in total. The molecule has 60 valence electrons. The fourth-order valence-electron chi connectivity index (χ4n) is 1.72. The normalized spacial score (nSPS) is 36.3. The third-order valence-corrected chi connectivity index (χ3v) is 2.94. The van der Waals surface area contributed by atoms with Crippen LogP contribution in [0.15, 0.2) is 0 Å². The molecule has 3 atom stereocenters. The summed E-state index contributed by atoms with van der Waals surface area (Å²) in [4.78, 5) is 0. The Hall–Kier alpha value is 0.310. The van der Waals surface area contributed by atoms with Gasteiger partial charge in [0.05, 0.1) is 0 Å². The molecule has 1 N–H and O–H groups in total. The molecular weight excluding hydrogens is 144 g/mol. The summed E-state index contributed by atoms with van der Waals surface area (Å²) in [5, 5.41) is 9.35. The second kappa shape index (κ2) is 3.63. The first-order chi connectivity index (χ1) is 4.74. The molecule has 0 amide bonds. The van der Waals surface area contributed by atoms with E-state index in [1.165, 1.54) is 19.3 Å². The first-order valence-electron chi connectivity index (χ1n) is 4.03. The van der Waals surface area contributed by atoms with Crippen LogP contribution >= 0.6 is 12.6 Å². The van der Waals surface area contributed by atoms with E-state index in [1.807, 2.05) is 0 Å². The molecule has 0 spiro atoms. The lowest BCUT2D eigenvalue weighted by atomic mass is 10.0. The number of thiol groups is 1. The minimum Gasteiger partial charge on any atom is -0.396 e. The minimum atomic E-state index is 0.372. The first-order valence-corrected chi connectivity index (χ1v) is 4.54. The first kappa shape index (κ1) is 8.41. The Bertz CT molecular complexity index is 103. The summed E-state index contributed by atoms with van der Waals surface area (Å²) in [6, 6.07) is 0. The lowest BCUT2D eigenvalue weighted by molar-refractivity contribution is 0.226. The second-order valence-corrected chi connectivity index (χ2v) is 4.18. The molecule has 1 fully saturated rings. The summed E-state index contributed by atoms with van der Waals surface area (Å²) in [5.41, 5.74) is 0. The van der Waals surface area contributed by atoms with Crippen molar-refractivity contribution < 1.29 is 5.11 Å². The highest BCUT2D eigenvalue weighted by molar-refractivity contribution is 7.80. The van der Waals surface area contributed by atoms with Gasteiger partial charge in [-0.25, -0.2) is 0 Å². The zero-order valence-electron chi connectivity index (χ0n) is 6.45. The van der Waals surface area contributed by atoms with Crippen LogP contribution in [-0.4, -0.2) is 17.0 Å². The summed E-state index contributed by atoms with van der Waals surface area (Å²) in [5.74, 6) is 1.32. The molecule has 3 unspecified atom stereocenters. The maximum Gasteiger partial charge on any atom is 0.0459 e. The molecule has 0 aromatic rings. The van der Waals surface area contributed by atoms with Crippen LogP contribution in [0.2, 0.25) is 0 Å². The number of hydrogen-bond donors (Lipinski definition) is 2. The molecule has 1 aliphatic carbocycles. The van der Waals surface area contributed by atoms with E-state index >= 15 is 0 Å². The van der Waals surface area contributed by atoms with Crippen LogP contribution in [0.25, 0.3) is 0 Å². The number of rotatable bonds is 2. The van der Waals surface area contributed by atoms with E-state index < -0.39 is 0 Å². The summed E-state index contributed by atoms with van der Waals surface area (Å²) in [6.45, 7) is 2.52. The van der Waals surface area contributed by atoms with Crippen molar-refractivity contribution in [1.82, 2.24) is 0 Å². The Morgan fingerprint density at radius 1 is 1.60 bits per heavy atom. The van der Waals surface area contributed by atoms with E-state index in [0.717, 1.165) is 5.92 Å². The van der Waals surface area contributed by atoms with Crippen LogP contribution < -0.4 is 0 Å². The lowest BCUT2D eigenvalue weighted by Gasteiger charge is -2.12. The van der Waals surface area contributed by atoms with Gasteiger partial charge in [-0.1, -0.05) is 6.92 Å². The van der Waals surface area contributed by atoms with Crippen molar-refractivity contribution in [3.8, 4) is 0 Å². The van der Waals surface area contributed by atoms with Crippen molar-refractivity contribution in [2.75, 3.05) is 6.61 Å². The number of aliphatic hydroxyl groups excluding tert-OH is 1. The fourth-order valence-corrected chi connectivity index (χ4v) is 1.99. The van der Waals surface area contributed by atoms with Gasteiger partial charge in [0.15, 0.2) is 0 Å². The maximum atomic E-state index is 8.84. The highest BCUT2D eigenvalue weighted by atomic mass is 32.1. The molecule has 0 bridgehead atoms. The second-order valence-electron chi connectivity index (χ2n) is 3.36. The van der Waals surface area contributed by atoms with Crippen LogP contribution in [0.5, 0.6) is 0 Å². The summed E-state index contributed by atoms with van der Waals surface area (Å²) < 4.78 is 0. The van der Waals surface area contributed by atoms with Gasteiger partial charge < -0.3 is 5.11 Å². The van der Waals surface area contributed by atoms with E-state index in [9.17, 15) is 0 Å². The highest BCUT2D eigenvalue weighted by Crippen LogP contribution is 2.34. The Morgan fingerprint density at radius 3 is 2.60 bits per heavy atom. The smallest absolute Gasteiger partial charge is 0.0459 e. The van der Waals surface area contributed by atoms with Crippen LogP contribution in [0, 0.1) is 11.8 Å². The Labute approximate surface area is 68.2 Å². The molecule has 0 aromatic heterocycles. The molecule has 0 heterocycles. The van der Waals surface area contributed by atoms with E-state index in [4.69, 9.17) is 5.11 Å². The predicted octanol–water partition coefficient (Wildman–Crippen LogP) is 1.71. The van der Waals surface area contributed by atoms with Gasteiger partial charge in [-0.05, 0) is 31.1 Å². The Morgan fingerprint density at radius 2 is 2.30 bits per heavy atom. The Balaban J connectivity index is 2.28.